The molecule has 2 aromatic carbocycles. The fourth-order valence-electron chi connectivity index (χ4n) is 3.20. The second-order valence-electron chi connectivity index (χ2n) is 6.47. The Bertz CT molecular complexity index is 1160. The smallest absolute Gasteiger partial charge is 0.313 e. The third kappa shape index (κ3) is 3.55. The number of anilines is 1. The van der Waals surface area contributed by atoms with E-state index in [0.29, 0.717) is 18.7 Å². The monoisotopic (exact) mass is 376 g/mol. The van der Waals surface area contributed by atoms with E-state index in [4.69, 9.17) is 4.74 Å². The van der Waals surface area contributed by atoms with Gasteiger partial charge in [0.05, 0.1) is 7.11 Å². The van der Waals surface area contributed by atoms with E-state index in [1.807, 2.05) is 42.7 Å². The van der Waals surface area contributed by atoms with Gasteiger partial charge in [-0.25, -0.2) is 0 Å². The van der Waals surface area contributed by atoms with Crippen LogP contribution in [0.25, 0.3) is 21.8 Å². The van der Waals surface area contributed by atoms with Crippen molar-refractivity contribution >= 4 is 39.3 Å². The second kappa shape index (κ2) is 7.48. The topological polar surface area (TPSA) is 99.0 Å². The molecule has 4 aromatic rings. The van der Waals surface area contributed by atoms with Gasteiger partial charge >= 0.3 is 11.8 Å². The summed E-state index contributed by atoms with van der Waals surface area (Å²) < 4.78 is 5.26. The molecule has 2 amide bonds. The van der Waals surface area contributed by atoms with Crippen LogP contribution in [0.15, 0.2) is 54.9 Å². The van der Waals surface area contributed by atoms with Gasteiger partial charge in [-0.1, -0.05) is 6.07 Å². The largest absolute Gasteiger partial charge is 0.497 e. The number of rotatable bonds is 5. The lowest BCUT2D eigenvalue weighted by Gasteiger charge is -2.07. The standard InChI is InChI=1S/C21H20N4O3/c1-28-16-4-5-18-17(11-16)14(12-24-18)7-9-23-20(26)21(27)25-15-3-2-13-6-8-22-19(13)10-15/h2-6,8,10-12,22,24H,7,9H2,1H3,(H,23,26)(H,25,27). The SMILES string of the molecule is COc1ccc2[nH]cc(CCNC(=O)C(=O)Nc3ccc4cc[nH]c4c3)c2c1. The van der Waals surface area contributed by atoms with Crippen LogP contribution < -0.4 is 15.4 Å². The van der Waals surface area contributed by atoms with Crippen LogP contribution in [0, 0.1) is 0 Å². The first kappa shape index (κ1) is 17.7. The number of amides is 2. The van der Waals surface area contributed by atoms with E-state index < -0.39 is 11.8 Å². The number of benzene rings is 2. The fraction of sp³-hybridized carbons (Fsp3) is 0.143. The van der Waals surface area contributed by atoms with Crippen molar-refractivity contribution in [2.45, 2.75) is 6.42 Å². The first-order valence-electron chi connectivity index (χ1n) is 8.94. The molecule has 0 aliphatic heterocycles. The molecule has 0 unspecified atom stereocenters. The highest BCUT2D eigenvalue weighted by Crippen LogP contribution is 2.23. The molecule has 0 bridgehead atoms. The number of hydrogen-bond acceptors (Lipinski definition) is 3. The number of aromatic amines is 2. The number of aromatic nitrogens is 2. The van der Waals surface area contributed by atoms with Gasteiger partial charge in [0, 0.05) is 41.0 Å². The summed E-state index contributed by atoms with van der Waals surface area (Å²) in [6.45, 7) is 0.353. The molecule has 0 spiro atoms. The van der Waals surface area contributed by atoms with E-state index in [9.17, 15) is 9.59 Å². The predicted molar refractivity (Wildman–Crippen MR) is 108 cm³/mol. The summed E-state index contributed by atoms with van der Waals surface area (Å²) >= 11 is 0. The zero-order valence-corrected chi connectivity index (χ0v) is 15.3. The summed E-state index contributed by atoms with van der Waals surface area (Å²) in [6, 6.07) is 13.2. The predicted octanol–water partition coefficient (Wildman–Crippen LogP) is 2.96. The number of carbonyl (C=O) groups excluding carboxylic acids is 2. The second-order valence-corrected chi connectivity index (χ2v) is 6.47. The quantitative estimate of drug-likeness (QED) is 0.403. The highest BCUT2D eigenvalue weighted by molar-refractivity contribution is 6.39. The Morgan fingerprint density at radius 1 is 1.00 bits per heavy atom. The van der Waals surface area contributed by atoms with Crippen LogP contribution in [0.2, 0.25) is 0 Å². The molecule has 0 radical (unpaired) electrons. The van der Waals surface area contributed by atoms with Crippen LogP contribution in [-0.4, -0.2) is 35.4 Å². The average Bonchev–Trinajstić information content (AvgIpc) is 3.33. The number of fused-ring (bicyclic) bond motifs is 2. The van der Waals surface area contributed by atoms with E-state index in [1.54, 1.807) is 19.2 Å². The molecule has 4 N–H and O–H groups in total. The van der Waals surface area contributed by atoms with Gasteiger partial charge in [0.2, 0.25) is 0 Å². The van der Waals surface area contributed by atoms with Gasteiger partial charge in [0.1, 0.15) is 5.75 Å². The van der Waals surface area contributed by atoms with E-state index in [2.05, 4.69) is 20.6 Å². The highest BCUT2D eigenvalue weighted by Gasteiger charge is 2.14. The van der Waals surface area contributed by atoms with Gasteiger partial charge in [-0.05, 0) is 53.8 Å². The van der Waals surface area contributed by atoms with Gasteiger partial charge < -0.3 is 25.3 Å². The van der Waals surface area contributed by atoms with Gasteiger partial charge in [-0.15, -0.1) is 0 Å². The molecule has 7 heteroatoms. The Labute approximate surface area is 161 Å². The molecule has 0 saturated carbocycles. The molecule has 2 heterocycles. The Hall–Kier alpha value is -3.74. The molecule has 0 atom stereocenters. The highest BCUT2D eigenvalue weighted by atomic mass is 16.5. The van der Waals surface area contributed by atoms with Crippen LogP contribution in [0.5, 0.6) is 5.75 Å². The molecular weight excluding hydrogens is 356 g/mol. The third-order valence-corrected chi connectivity index (χ3v) is 4.67. The van der Waals surface area contributed by atoms with Gasteiger partial charge in [-0.3, -0.25) is 9.59 Å². The molecular formula is C21H20N4O3. The summed E-state index contributed by atoms with van der Waals surface area (Å²) in [7, 11) is 1.62. The molecule has 0 aliphatic rings. The van der Waals surface area contributed by atoms with Crippen LogP contribution in [-0.2, 0) is 16.0 Å². The number of methoxy groups -OCH3 is 1. The maximum Gasteiger partial charge on any atom is 0.313 e. The van der Waals surface area contributed by atoms with Crippen LogP contribution in [0.4, 0.5) is 5.69 Å². The van der Waals surface area contributed by atoms with Gasteiger partial charge in [0.15, 0.2) is 0 Å². The van der Waals surface area contributed by atoms with E-state index in [1.165, 1.54) is 0 Å². The fourth-order valence-corrected chi connectivity index (χ4v) is 3.20. The summed E-state index contributed by atoms with van der Waals surface area (Å²) in [5.41, 5.74) is 3.51. The van der Waals surface area contributed by atoms with Crippen molar-refractivity contribution in [1.82, 2.24) is 15.3 Å². The number of ether oxygens (including phenoxy) is 1. The van der Waals surface area contributed by atoms with Crippen molar-refractivity contribution in [2.24, 2.45) is 0 Å². The van der Waals surface area contributed by atoms with E-state index in [-0.39, 0.29) is 0 Å². The third-order valence-electron chi connectivity index (χ3n) is 4.67. The summed E-state index contributed by atoms with van der Waals surface area (Å²) in [5.74, 6) is -0.577. The molecule has 142 valence electrons. The van der Waals surface area contributed by atoms with Crippen molar-refractivity contribution in [3.63, 3.8) is 0 Å². The van der Waals surface area contributed by atoms with Crippen molar-refractivity contribution in [1.29, 1.82) is 0 Å². The Morgan fingerprint density at radius 2 is 1.89 bits per heavy atom. The zero-order chi connectivity index (χ0) is 19.5. The summed E-state index contributed by atoms with van der Waals surface area (Å²) in [4.78, 5) is 30.5. The maximum absolute atomic E-state index is 12.1. The van der Waals surface area contributed by atoms with Crippen LogP contribution in [0.3, 0.4) is 0 Å². The van der Waals surface area contributed by atoms with Crippen LogP contribution in [0.1, 0.15) is 5.56 Å². The number of H-pyrrole nitrogens is 2. The van der Waals surface area contributed by atoms with E-state index in [0.717, 1.165) is 33.1 Å². The summed E-state index contributed by atoms with van der Waals surface area (Å²) in [5, 5.41) is 7.36. The van der Waals surface area contributed by atoms with Crippen molar-refractivity contribution in [3.8, 4) is 5.75 Å². The molecule has 0 fully saturated rings. The Morgan fingerprint density at radius 3 is 2.75 bits per heavy atom. The Balaban J connectivity index is 1.34. The lowest BCUT2D eigenvalue weighted by Crippen LogP contribution is -2.36. The first-order valence-corrected chi connectivity index (χ1v) is 8.94. The number of nitrogens with one attached hydrogen (secondary N) is 4. The maximum atomic E-state index is 12.1. The lowest BCUT2D eigenvalue weighted by atomic mass is 10.1. The van der Waals surface area contributed by atoms with Crippen molar-refractivity contribution in [2.75, 3.05) is 19.0 Å². The Kier molecular flexibility index (Phi) is 4.72. The minimum absolute atomic E-state index is 0.353. The van der Waals surface area contributed by atoms with Gasteiger partial charge in [0.25, 0.3) is 0 Å². The number of carbonyl (C=O) groups is 2. The zero-order valence-electron chi connectivity index (χ0n) is 15.3. The minimum Gasteiger partial charge on any atom is -0.497 e. The van der Waals surface area contributed by atoms with Crippen molar-refractivity contribution in [3.05, 3.63) is 60.4 Å². The van der Waals surface area contributed by atoms with E-state index >= 15 is 0 Å². The molecule has 7 nitrogen and oxygen atoms in total. The molecule has 0 saturated heterocycles. The summed E-state index contributed by atoms with van der Waals surface area (Å²) in [6.07, 6.45) is 4.33. The average molecular weight is 376 g/mol. The number of hydrogen-bond donors (Lipinski definition) is 4. The van der Waals surface area contributed by atoms with Crippen LogP contribution >= 0.6 is 0 Å². The molecule has 2 aromatic heterocycles. The lowest BCUT2D eigenvalue weighted by molar-refractivity contribution is -0.136. The molecule has 4 rings (SSSR count). The molecule has 28 heavy (non-hydrogen) atoms. The minimum atomic E-state index is -0.688. The molecule has 0 aliphatic carbocycles. The first-order chi connectivity index (χ1) is 13.6. The van der Waals surface area contributed by atoms with Gasteiger partial charge in [-0.2, -0.15) is 0 Å². The van der Waals surface area contributed by atoms with Crippen molar-refractivity contribution < 1.29 is 14.3 Å². The normalized spacial score (nSPS) is 10.9.